The van der Waals surface area contributed by atoms with Crippen molar-refractivity contribution in [2.75, 3.05) is 0 Å². The van der Waals surface area contributed by atoms with Crippen molar-refractivity contribution in [1.29, 1.82) is 0 Å². The molecule has 0 bridgehead atoms. The van der Waals surface area contributed by atoms with Gasteiger partial charge in [0.15, 0.2) is 0 Å². The number of aryl methyl sites for hydroxylation is 1. The van der Waals surface area contributed by atoms with E-state index in [1.165, 1.54) is 71.3 Å². The topological polar surface area (TPSA) is 12.9 Å². The Morgan fingerprint density at radius 3 is 1.53 bits per heavy atom. The Kier molecular flexibility index (Phi) is 6.09. The summed E-state index contributed by atoms with van der Waals surface area (Å²) >= 11 is 0. The number of nitrogens with zero attached hydrogens (tertiary/aromatic N) is 1. The Hall–Kier alpha value is -5.53. The van der Waals surface area contributed by atoms with E-state index in [9.17, 15) is 0 Å². The largest absolute Gasteiger partial charge is 0.256 e. The van der Waals surface area contributed by atoms with E-state index in [1.807, 2.05) is 24.4 Å². The summed E-state index contributed by atoms with van der Waals surface area (Å²) in [5.74, 6) is 0. The fraction of sp³-hybridized carbons (Fsp3) is 0.0238. The van der Waals surface area contributed by atoms with E-state index in [0.717, 1.165) is 11.3 Å². The molecule has 0 aliphatic heterocycles. The molecule has 1 nitrogen and oxygen atoms in total. The maximum absolute atomic E-state index is 4.49. The molecule has 0 saturated heterocycles. The molecule has 0 amide bonds. The Labute approximate surface area is 251 Å². The third-order valence-electron chi connectivity index (χ3n) is 8.65. The van der Waals surface area contributed by atoms with Gasteiger partial charge in [0.05, 0.1) is 5.69 Å². The SMILES string of the molecule is Cc1ccccc1-c1c2ccccc2c(-c2ccc3cc(-c4ccc(-c5ccccn5)cc4)ccc3c2)c2ccccc12. The fourth-order valence-corrected chi connectivity index (χ4v) is 6.53. The highest BCUT2D eigenvalue weighted by Gasteiger charge is 2.17. The first-order valence-corrected chi connectivity index (χ1v) is 14.8. The Morgan fingerprint density at radius 2 is 0.907 bits per heavy atom. The minimum Gasteiger partial charge on any atom is -0.256 e. The minimum atomic E-state index is 0.993. The van der Waals surface area contributed by atoms with Crippen LogP contribution in [0.5, 0.6) is 0 Å². The van der Waals surface area contributed by atoms with Crippen LogP contribution in [0.4, 0.5) is 0 Å². The monoisotopic (exact) mass is 547 g/mol. The van der Waals surface area contributed by atoms with Gasteiger partial charge in [0, 0.05) is 11.8 Å². The molecule has 202 valence electrons. The predicted molar refractivity (Wildman–Crippen MR) is 183 cm³/mol. The normalized spacial score (nSPS) is 11.4. The molecule has 0 unspecified atom stereocenters. The second-order valence-corrected chi connectivity index (χ2v) is 11.2. The van der Waals surface area contributed by atoms with Gasteiger partial charge in [0.25, 0.3) is 0 Å². The van der Waals surface area contributed by atoms with Crippen molar-refractivity contribution in [3.63, 3.8) is 0 Å². The van der Waals surface area contributed by atoms with Crippen molar-refractivity contribution < 1.29 is 0 Å². The van der Waals surface area contributed by atoms with Crippen LogP contribution in [0.25, 0.3) is 77.0 Å². The molecule has 1 heteroatoms. The lowest BCUT2D eigenvalue weighted by Crippen LogP contribution is -1.92. The molecule has 7 aromatic carbocycles. The van der Waals surface area contributed by atoms with Crippen molar-refractivity contribution in [3.8, 4) is 44.6 Å². The highest BCUT2D eigenvalue weighted by atomic mass is 14.7. The fourth-order valence-electron chi connectivity index (χ4n) is 6.53. The summed E-state index contributed by atoms with van der Waals surface area (Å²) < 4.78 is 0. The minimum absolute atomic E-state index is 0.993. The van der Waals surface area contributed by atoms with Gasteiger partial charge in [-0.25, -0.2) is 0 Å². The van der Waals surface area contributed by atoms with Crippen molar-refractivity contribution in [2.24, 2.45) is 0 Å². The van der Waals surface area contributed by atoms with Gasteiger partial charge in [-0.3, -0.25) is 4.98 Å². The molecule has 0 aliphatic carbocycles. The van der Waals surface area contributed by atoms with E-state index in [1.54, 1.807) is 0 Å². The van der Waals surface area contributed by atoms with Gasteiger partial charge >= 0.3 is 0 Å². The predicted octanol–water partition coefficient (Wildman–Crippen LogP) is 11.5. The van der Waals surface area contributed by atoms with Crippen molar-refractivity contribution >= 4 is 32.3 Å². The molecule has 8 rings (SSSR count). The zero-order valence-corrected chi connectivity index (χ0v) is 24.0. The van der Waals surface area contributed by atoms with Crippen LogP contribution < -0.4 is 0 Å². The molecule has 1 aromatic heterocycles. The number of hydrogen-bond acceptors (Lipinski definition) is 1. The van der Waals surface area contributed by atoms with Crippen LogP contribution in [0.3, 0.4) is 0 Å². The van der Waals surface area contributed by atoms with Gasteiger partial charge in [0.1, 0.15) is 0 Å². The lowest BCUT2D eigenvalue weighted by atomic mass is 9.84. The third-order valence-corrected chi connectivity index (χ3v) is 8.65. The van der Waals surface area contributed by atoms with Gasteiger partial charge in [0.2, 0.25) is 0 Å². The summed E-state index contributed by atoms with van der Waals surface area (Å²) in [6, 6.07) is 54.9. The molecule has 1 heterocycles. The van der Waals surface area contributed by atoms with Gasteiger partial charge < -0.3 is 0 Å². The smallest absolute Gasteiger partial charge is 0.0701 e. The van der Waals surface area contributed by atoms with Gasteiger partial charge in [-0.15, -0.1) is 0 Å². The lowest BCUT2D eigenvalue weighted by Gasteiger charge is -2.19. The van der Waals surface area contributed by atoms with Crippen LogP contribution in [0, 0.1) is 6.92 Å². The number of aromatic nitrogens is 1. The molecule has 43 heavy (non-hydrogen) atoms. The maximum atomic E-state index is 4.49. The van der Waals surface area contributed by atoms with Crippen molar-refractivity contribution in [2.45, 2.75) is 6.92 Å². The molecule has 0 saturated carbocycles. The lowest BCUT2D eigenvalue weighted by molar-refractivity contribution is 1.33. The van der Waals surface area contributed by atoms with E-state index in [-0.39, 0.29) is 0 Å². The molecule has 0 atom stereocenters. The summed E-state index contributed by atoms with van der Waals surface area (Å²) in [7, 11) is 0. The molecule has 0 aliphatic rings. The van der Waals surface area contributed by atoms with Gasteiger partial charge in [-0.2, -0.15) is 0 Å². The van der Waals surface area contributed by atoms with Crippen LogP contribution >= 0.6 is 0 Å². The van der Waals surface area contributed by atoms with E-state index >= 15 is 0 Å². The average molecular weight is 548 g/mol. The first kappa shape index (κ1) is 25.2. The molecule has 8 aromatic rings. The van der Waals surface area contributed by atoms with Crippen LogP contribution in [0.15, 0.2) is 158 Å². The zero-order chi connectivity index (χ0) is 28.8. The second kappa shape index (κ2) is 10.4. The van der Waals surface area contributed by atoms with Crippen LogP contribution in [0.2, 0.25) is 0 Å². The Morgan fingerprint density at radius 1 is 0.395 bits per heavy atom. The first-order valence-electron chi connectivity index (χ1n) is 14.8. The second-order valence-electron chi connectivity index (χ2n) is 11.2. The number of benzene rings is 7. The highest BCUT2D eigenvalue weighted by Crippen LogP contribution is 2.44. The average Bonchev–Trinajstić information content (AvgIpc) is 3.07. The maximum Gasteiger partial charge on any atom is 0.0701 e. The van der Waals surface area contributed by atoms with E-state index in [4.69, 9.17) is 0 Å². The standard InChI is InChI=1S/C42H29N/c1-28-10-2-3-11-35(28)42-38-14-6-4-12-36(38)41(37-13-5-7-15-39(37)42)34-24-23-32-26-31(21-22-33(32)27-34)29-17-19-30(20-18-29)40-16-8-9-25-43-40/h2-27H,1H3. The number of hydrogen-bond donors (Lipinski definition) is 0. The van der Waals surface area contributed by atoms with E-state index in [2.05, 4.69) is 145 Å². The summed E-state index contributed by atoms with van der Waals surface area (Å²) in [5, 5.41) is 7.61. The van der Waals surface area contributed by atoms with Gasteiger partial charge in [-0.05, 0) is 102 Å². The molecule has 0 spiro atoms. The molecular weight excluding hydrogens is 518 g/mol. The Balaban J connectivity index is 1.26. The number of pyridine rings is 1. The van der Waals surface area contributed by atoms with Crippen molar-refractivity contribution in [3.05, 3.63) is 163 Å². The number of rotatable bonds is 4. The number of fused-ring (bicyclic) bond motifs is 3. The molecule has 0 fully saturated rings. The quantitative estimate of drug-likeness (QED) is 0.200. The summed E-state index contributed by atoms with van der Waals surface area (Å²) in [6.07, 6.45) is 1.84. The van der Waals surface area contributed by atoms with Crippen LogP contribution in [-0.2, 0) is 0 Å². The first-order chi connectivity index (χ1) is 21.2. The highest BCUT2D eigenvalue weighted by molar-refractivity contribution is 6.22. The van der Waals surface area contributed by atoms with Crippen molar-refractivity contribution in [1.82, 2.24) is 4.98 Å². The summed E-state index contributed by atoms with van der Waals surface area (Å²) in [4.78, 5) is 4.49. The zero-order valence-electron chi connectivity index (χ0n) is 24.0. The molecule has 0 radical (unpaired) electrons. The Bertz CT molecular complexity index is 2220. The summed E-state index contributed by atoms with van der Waals surface area (Å²) in [6.45, 7) is 2.21. The van der Waals surface area contributed by atoms with E-state index < -0.39 is 0 Å². The molecular formula is C42H29N. The molecule has 0 N–H and O–H groups in total. The summed E-state index contributed by atoms with van der Waals surface area (Å²) in [5.41, 5.74) is 11.0. The van der Waals surface area contributed by atoms with Crippen LogP contribution in [0.1, 0.15) is 5.56 Å². The third kappa shape index (κ3) is 4.38. The van der Waals surface area contributed by atoms with Crippen LogP contribution in [-0.4, -0.2) is 4.98 Å². The van der Waals surface area contributed by atoms with E-state index in [0.29, 0.717) is 0 Å². The van der Waals surface area contributed by atoms with Gasteiger partial charge in [-0.1, -0.05) is 127 Å².